The van der Waals surface area contributed by atoms with Crippen LogP contribution in [0.1, 0.15) is 20.8 Å². The van der Waals surface area contributed by atoms with Crippen molar-refractivity contribution in [2.75, 3.05) is 39.6 Å². The smallest absolute Gasteiger partial charge is 0.394 e. The summed E-state index contributed by atoms with van der Waals surface area (Å²) in [6.45, 7) is -3.26. The SMILES string of the molecule is CC(=O)N[C@@H]1[C@@H](O)[C@H](O[C@@H]2O[C@H](CO)[C@@H](O[C@@H]3O[C@H](CO[C@H]4O[C@H](CO)[C@@H](O)[C@H](O)[C@@H]4O)[C@@H](O)[C@H](O[C@H]4O[C@H](CO)[C@@H](O)[C@H](O)[C@@H]4O[C@@H]4O[C@H](COS(=O)(=O)O)[C@@H](O)[C@H](O)[C@H]4NC(C)=O)[C@@H]3O)[C@H](O)[C@H]2NC(C)=O)[C@@H](CO)O[C@H]1O. The molecule has 0 aromatic heterocycles. The van der Waals surface area contributed by atoms with Crippen LogP contribution < -0.4 is 16.0 Å². The zero-order valence-electron chi connectivity index (χ0n) is 42.5. The highest BCUT2D eigenvalue weighted by molar-refractivity contribution is 7.80. The summed E-state index contributed by atoms with van der Waals surface area (Å²) in [5.41, 5.74) is 0. The van der Waals surface area contributed by atoms with Crippen molar-refractivity contribution < 1.29 is 165 Å². The lowest BCUT2D eigenvalue weighted by molar-refractivity contribution is -0.394. The number of carbonyl (C=O) groups excluding carboxylic acids is 3. The van der Waals surface area contributed by atoms with Crippen molar-refractivity contribution in [2.45, 2.75) is 205 Å². The predicted octanol–water partition coefficient (Wildman–Crippen LogP) is -13.8. The Bertz CT molecular complexity index is 2130. The molecule has 6 rings (SSSR count). The highest BCUT2D eigenvalue weighted by atomic mass is 32.3. The average molecular weight is 1190 g/mol. The number of hydrogen-bond acceptors (Lipinski definition) is 33. The van der Waals surface area contributed by atoms with E-state index >= 15 is 0 Å². The largest absolute Gasteiger partial charge is 0.397 e. The number of ether oxygens (including phenoxy) is 11. The Balaban J connectivity index is 1.34. The van der Waals surface area contributed by atoms with Crippen molar-refractivity contribution in [1.29, 1.82) is 0 Å². The molecule has 3 amide bonds. The van der Waals surface area contributed by atoms with Gasteiger partial charge < -0.3 is 150 Å². The molecule has 464 valence electrons. The number of aliphatic hydroxyl groups excluding tert-OH is 16. The molecule has 0 aromatic carbocycles. The minimum atomic E-state index is -5.22. The molecule has 6 aliphatic rings. The molecule has 20 N–H and O–H groups in total. The van der Waals surface area contributed by atoms with E-state index in [-0.39, 0.29) is 0 Å². The Labute approximate surface area is 453 Å². The van der Waals surface area contributed by atoms with Gasteiger partial charge in [-0.15, -0.1) is 0 Å². The van der Waals surface area contributed by atoms with Gasteiger partial charge in [0.25, 0.3) is 0 Å². The summed E-state index contributed by atoms with van der Waals surface area (Å²) >= 11 is 0. The lowest BCUT2D eigenvalue weighted by atomic mass is 9.94. The first-order valence-corrected chi connectivity index (χ1v) is 26.1. The maximum absolute atomic E-state index is 12.7. The van der Waals surface area contributed by atoms with Gasteiger partial charge in [0, 0.05) is 20.8 Å². The molecule has 6 heterocycles. The first-order chi connectivity index (χ1) is 37.5. The number of amides is 3. The molecule has 0 spiro atoms. The molecule has 0 saturated carbocycles. The van der Waals surface area contributed by atoms with Gasteiger partial charge in [-0.2, -0.15) is 8.42 Å². The molecule has 6 fully saturated rings. The summed E-state index contributed by atoms with van der Waals surface area (Å²) in [4.78, 5) is 36.9. The van der Waals surface area contributed by atoms with Gasteiger partial charge in [-0.25, -0.2) is 4.18 Å². The molecular weight excluding hydrogens is 1120 g/mol. The number of aliphatic hydroxyl groups is 16. The molecule has 0 radical (unpaired) electrons. The van der Waals surface area contributed by atoms with E-state index in [4.69, 9.17) is 52.1 Å². The van der Waals surface area contributed by atoms with E-state index in [0.29, 0.717) is 0 Å². The fraction of sp³-hybridized carbons (Fsp3) is 0.929. The topological polar surface area (TPSA) is 576 Å². The van der Waals surface area contributed by atoms with E-state index in [1.807, 2.05) is 0 Å². The van der Waals surface area contributed by atoms with Crippen LogP contribution in [0.25, 0.3) is 0 Å². The second-order valence-corrected chi connectivity index (χ2v) is 20.6. The van der Waals surface area contributed by atoms with E-state index in [9.17, 15) is 109 Å². The van der Waals surface area contributed by atoms with Gasteiger partial charge in [-0.05, 0) is 0 Å². The van der Waals surface area contributed by atoms with Crippen LogP contribution in [0, 0.1) is 0 Å². The van der Waals surface area contributed by atoms with Crippen molar-refractivity contribution in [3.63, 3.8) is 0 Å². The highest BCUT2D eigenvalue weighted by Gasteiger charge is 2.58. The first-order valence-electron chi connectivity index (χ1n) is 24.8. The van der Waals surface area contributed by atoms with Crippen molar-refractivity contribution in [3.8, 4) is 0 Å². The highest BCUT2D eigenvalue weighted by Crippen LogP contribution is 2.37. The lowest BCUT2D eigenvalue weighted by Gasteiger charge is -2.51. The van der Waals surface area contributed by atoms with Crippen LogP contribution in [-0.2, 0) is 81.1 Å². The Morgan fingerprint density at radius 1 is 0.388 bits per heavy atom. The molecule has 6 aliphatic heterocycles. The van der Waals surface area contributed by atoms with Gasteiger partial charge in [-0.3, -0.25) is 18.9 Å². The van der Waals surface area contributed by atoms with Crippen molar-refractivity contribution in [3.05, 3.63) is 0 Å². The zero-order chi connectivity index (χ0) is 59.4. The van der Waals surface area contributed by atoms with Crippen LogP contribution in [0.4, 0.5) is 0 Å². The third-order valence-corrected chi connectivity index (χ3v) is 14.3. The molecule has 0 aliphatic carbocycles. The molecule has 38 heteroatoms. The number of rotatable bonds is 21. The Morgan fingerprint density at radius 3 is 1.32 bits per heavy atom. The van der Waals surface area contributed by atoms with E-state index in [2.05, 4.69) is 20.1 Å². The predicted molar refractivity (Wildman–Crippen MR) is 244 cm³/mol. The van der Waals surface area contributed by atoms with Gasteiger partial charge in [0.2, 0.25) is 17.7 Å². The molecule has 0 aromatic rings. The molecule has 0 bridgehead atoms. The maximum Gasteiger partial charge on any atom is 0.397 e. The van der Waals surface area contributed by atoms with Crippen LogP contribution in [-0.4, -0.2) is 336 Å². The lowest BCUT2D eigenvalue weighted by Crippen LogP contribution is -2.70. The second-order valence-electron chi connectivity index (χ2n) is 19.5. The Kier molecular flexibility index (Phi) is 23.5. The molecule has 30 atom stereocenters. The van der Waals surface area contributed by atoms with Crippen molar-refractivity contribution >= 4 is 28.1 Å². The van der Waals surface area contributed by atoms with Crippen LogP contribution in [0.3, 0.4) is 0 Å². The Morgan fingerprint density at radius 2 is 0.787 bits per heavy atom. The average Bonchev–Trinajstić information content (AvgIpc) is 3.41. The van der Waals surface area contributed by atoms with E-state index < -0.39 is 252 Å². The molecule has 0 unspecified atom stereocenters. The van der Waals surface area contributed by atoms with E-state index in [1.54, 1.807) is 0 Å². The van der Waals surface area contributed by atoms with E-state index in [0.717, 1.165) is 20.8 Å². The monoisotopic (exact) mass is 1190 g/mol. The van der Waals surface area contributed by atoms with E-state index in [1.165, 1.54) is 0 Å². The second kappa shape index (κ2) is 28.4. The summed E-state index contributed by atoms with van der Waals surface area (Å²) in [7, 11) is -5.22. The fourth-order valence-electron chi connectivity index (χ4n) is 9.74. The standard InChI is InChI=1S/C42H71N3O34S/c1-10(50)43-19-27(58)33(15(6-48)70-37(19)64)76-39-21(45-12(3)52)28(59)34(16(7-49)73-39)77-41-32(63)35(25(56)17(75-41)8-68-40-31(62)29(60)22(53)13(4-46)71-40)78-42-36(30(61)23(54)14(5-47)72-42)79-38-20(44-11(2)51)26(57)24(55)18(74-38)9-69-80(65,66)67/h13-42,46-49,53-64H,4-9H2,1-3H3,(H,43,50)(H,44,51)(H,45,52)(H,65,66,67)/t13-,14-,15-,16-,17-,18-,19-,20-,21-,22-,23-,24-,25-,26-,27-,28-,29+,30+,31+,32+,33-,34-,35+,36+,37-,38+,39+,40+,41+,42-/m1/s1. The number of hydrogen-bond donors (Lipinski definition) is 20. The van der Waals surface area contributed by atoms with Crippen molar-refractivity contribution in [1.82, 2.24) is 16.0 Å². The van der Waals surface area contributed by atoms with Crippen LogP contribution in [0.5, 0.6) is 0 Å². The zero-order valence-corrected chi connectivity index (χ0v) is 43.3. The minimum Gasteiger partial charge on any atom is -0.394 e. The van der Waals surface area contributed by atoms with Crippen LogP contribution in [0.15, 0.2) is 0 Å². The molecular formula is C42H71N3O34S. The Hall–Kier alpha value is -2.80. The molecule has 80 heavy (non-hydrogen) atoms. The first kappa shape index (κ1) is 66.3. The molecule has 6 saturated heterocycles. The third-order valence-electron chi connectivity index (χ3n) is 13.8. The third kappa shape index (κ3) is 15.4. The summed E-state index contributed by atoms with van der Waals surface area (Å²) < 4.78 is 99.8. The van der Waals surface area contributed by atoms with Gasteiger partial charge >= 0.3 is 10.4 Å². The number of carbonyl (C=O) groups is 3. The molecule has 37 nitrogen and oxygen atoms in total. The van der Waals surface area contributed by atoms with Gasteiger partial charge in [0.1, 0.15) is 146 Å². The van der Waals surface area contributed by atoms with Gasteiger partial charge in [0.15, 0.2) is 37.7 Å². The fourth-order valence-corrected chi connectivity index (χ4v) is 10.1. The number of nitrogens with one attached hydrogen (secondary N) is 3. The minimum absolute atomic E-state index is 0.741. The van der Waals surface area contributed by atoms with Gasteiger partial charge in [-0.1, -0.05) is 0 Å². The summed E-state index contributed by atoms with van der Waals surface area (Å²) in [5, 5.41) is 181. The quantitative estimate of drug-likeness (QED) is 0.0475. The summed E-state index contributed by atoms with van der Waals surface area (Å²) in [5.74, 6) is -2.51. The summed E-state index contributed by atoms with van der Waals surface area (Å²) in [6.07, 6.45) is -54.4. The van der Waals surface area contributed by atoms with Crippen LogP contribution in [0.2, 0.25) is 0 Å². The maximum atomic E-state index is 12.7. The summed E-state index contributed by atoms with van der Waals surface area (Å²) in [6, 6.07) is -5.22. The van der Waals surface area contributed by atoms with Crippen LogP contribution >= 0.6 is 0 Å². The van der Waals surface area contributed by atoms with Crippen molar-refractivity contribution in [2.24, 2.45) is 0 Å². The normalized spacial score (nSPS) is 46.5. The van der Waals surface area contributed by atoms with Gasteiger partial charge in [0.05, 0.1) is 39.6 Å².